The maximum atomic E-state index is 12.9. The zero-order valence-corrected chi connectivity index (χ0v) is 20.4. The predicted molar refractivity (Wildman–Crippen MR) is 129 cm³/mol. The van der Waals surface area contributed by atoms with E-state index in [-0.39, 0.29) is 36.1 Å². The number of ether oxygens (including phenoxy) is 1. The molecule has 0 radical (unpaired) electrons. The van der Waals surface area contributed by atoms with Crippen molar-refractivity contribution in [1.82, 2.24) is 4.31 Å². The summed E-state index contributed by atoms with van der Waals surface area (Å²) >= 11 is 6.91. The fourth-order valence-corrected chi connectivity index (χ4v) is 6.08. The van der Waals surface area contributed by atoms with Gasteiger partial charge in [0.25, 0.3) is 0 Å². The Bertz CT molecular complexity index is 1180. The number of anilines is 2. The average Bonchev–Trinajstić information content (AvgIpc) is 3.12. The fourth-order valence-electron chi connectivity index (χ4n) is 3.62. The molecule has 3 amide bonds. The first-order valence-electron chi connectivity index (χ1n) is 10.5. The molecule has 4 rings (SSSR count). The van der Waals surface area contributed by atoms with Crippen molar-refractivity contribution >= 4 is 62.5 Å². The van der Waals surface area contributed by atoms with Crippen LogP contribution in [0.4, 0.5) is 11.4 Å². The van der Waals surface area contributed by atoms with Crippen molar-refractivity contribution in [3.63, 3.8) is 0 Å². The molecule has 0 aliphatic carbocycles. The summed E-state index contributed by atoms with van der Waals surface area (Å²) in [5, 5.41) is 2.57. The topological polar surface area (TPSA) is 113 Å². The number of nitrogens with zero attached hydrogens (tertiary/aromatic N) is 2. The monoisotopic (exact) mass is 523 g/mol. The lowest BCUT2D eigenvalue weighted by molar-refractivity contribution is -0.121. The van der Waals surface area contributed by atoms with E-state index in [1.807, 2.05) is 0 Å². The summed E-state index contributed by atoms with van der Waals surface area (Å²) in [5.74, 6) is -1.14. The molecule has 1 atom stereocenters. The van der Waals surface area contributed by atoms with Crippen molar-refractivity contribution in [1.29, 1.82) is 0 Å². The van der Waals surface area contributed by atoms with E-state index in [9.17, 15) is 22.8 Å². The highest BCUT2D eigenvalue weighted by Gasteiger charge is 2.40. The SMILES string of the molecule is O=C(CS[C@H]1CC(=O)N(c2ccc(S(=O)(=O)N3CCOCC3)cc2)C1=O)Nc1ccc(Cl)cc1. The van der Waals surface area contributed by atoms with Crippen LogP contribution in [-0.2, 0) is 29.1 Å². The highest BCUT2D eigenvalue weighted by molar-refractivity contribution is 8.01. The number of carbonyl (C=O) groups is 3. The summed E-state index contributed by atoms with van der Waals surface area (Å²) in [4.78, 5) is 38.7. The lowest BCUT2D eigenvalue weighted by Crippen LogP contribution is -2.40. The van der Waals surface area contributed by atoms with Crippen LogP contribution in [-0.4, -0.2) is 67.8 Å². The van der Waals surface area contributed by atoms with E-state index >= 15 is 0 Å². The van der Waals surface area contributed by atoms with Crippen molar-refractivity contribution < 1.29 is 27.5 Å². The number of thioether (sulfide) groups is 1. The summed E-state index contributed by atoms with van der Waals surface area (Å²) in [6, 6.07) is 12.3. The van der Waals surface area contributed by atoms with Gasteiger partial charge in [-0.25, -0.2) is 13.3 Å². The van der Waals surface area contributed by atoms with Crippen molar-refractivity contribution in [3.05, 3.63) is 53.6 Å². The molecule has 2 heterocycles. The van der Waals surface area contributed by atoms with Gasteiger partial charge in [0.05, 0.1) is 34.8 Å². The van der Waals surface area contributed by atoms with Gasteiger partial charge >= 0.3 is 0 Å². The largest absolute Gasteiger partial charge is 0.379 e. The Morgan fingerprint density at radius 1 is 1.06 bits per heavy atom. The molecular formula is C22H22ClN3O6S2. The van der Waals surface area contributed by atoms with E-state index < -0.39 is 27.1 Å². The lowest BCUT2D eigenvalue weighted by Gasteiger charge is -2.26. The van der Waals surface area contributed by atoms with Gasteiger partial charge in [-0.1, -0.05) is 11.6 Å². The van der Waals surface area contributed by atoms with Crippen LogP contribution in [0.2, 0.25) is 5.02 Å². The summed E-state index contributed by atoms with van der Waals surface area (Å²) < 4.78 is 32.1. The number of imide groups is 1. The molecule has 2 aromatic rings. The third-order valence-corrected chi connectivity index (χ3v) is 8.72. The van der Waals surface area contributed by atoms with E-state index in [0.29, 0.717) is 29.6 Å². The number of morpholine rings is 1. The van der Waals surface area contributed by atoms with Gasteiger partial charge in [-0.05, 0) is 48.5 Å². The van der Waals surface area contributed by atoms with E-state index in [1.165, 1.54) is 28.6 Å². The third-order valence-electron chi connectivity index (χ3n) is 5.35. The van der Waals surface area contributed by atoms with Crippen LogP contribution >= 0.6 is 23.4 Å². The predicted octanol–water partition coefficient (Wildman–Crippen LogP) is 2.36. The maximum absolute atomic E-state index is 12.9. The minimum atomic E-state index is -3.68. The molecule has 2 aromatic carbocycles. The van der Waals surface area contributed by atoms with Crippen molar-refractivity contribution in [2.75, 3.05) is 42.3 Å². The Kier molecular flexibility index (Phi) is 7.58. The van der Waals surface area contributed by atoms with Gasteiger partial charge in [-0.2, -0.15) is 4.31 Å². The van der Waals surface area contributed by atoms with Crippen molar-refractivity contribution in [2.45, 2.75) is 16.6 Å². The summed E-state index contributed by atoms with van der Waals surface area (Å²) in [6.45, 7) is 1.23. The van der Waals surface area contributed by atoms with Crippen LogP contribution in [0.5, 0.6) is 0 Å². The first-order chi connectivity index (χ1) is 16.3. The van der Waals surface area contributed by atoms with Gasteiger partial charge in [-0.15, -0.1) is 11.8 Å². The number of benzene rings is 2. The van der Waals surface area contributed by atoms with Crippen LogP contribution < -0.4 is 10.2 Å². The van der Waals surface area contributed by atoms with Gasteiger partial charge in [0.15, 0.2) is 0 Å². The zero-order chi connectivity index (χ0) is 24.3. The lowest BCUT2D eigenvalue weighted by atomic mass is 10.3. The summed E-state index contributed by atoms with van der Waals surface area (Å²) in [5.41, 5.74) is 0.877. The highest BCUT2D eigenvalue weighted by Crippen LogP contribution is 2.31. The quantitative estimate of drug-likeness (QED) is 0.554. The number of carbonyl (C=O) groups excluding carboxylic acids is 3. The maximum Gasteiger partial charge on any atom is 0.247 e. The summed E-state index contributed by atoms with van der Waals surface area (Å²) in [7, 11) is -3.68. The Morgan fingerprint density at radius 2 is 1.71 bits per heavy atom. The second kappa shape index (κ2) is 10.4. The Hall–Kier alpha value is -2.44. The molecule has 0 unspecified atom stereocenters. The molecule has 1 N–H and O–H groups in total. The van der Waals surface area contributed by atoms with Crippen LogP contribution in [0, 0.1) is 0 Å². The molecule has 0 spiro atoms. The Balaban J connectivity index is 1.37. The number of rotatable bonds is 7. The van der Waals surface area contributed by atoms with Crippen LogP contribution in [0.1, 0.15) is 6.42 Å². The van der Waals surface area contributed by atoms with E-state index in [2.05, 4.69) is 5.32 Å². The molecule has 9 nitrogen and oxygen atoms in total. The third kappa shape index (κ3) is 5.44. The second-order valence-corrected chi connectivity index (χ2v) is 11.2. The second-order valence-electron chi connectivity index (χ2n) is 7.64. The molecule has 0 bridgehead atoms. The highest BCUT2D eigenvalue weighted by atomic mass is 35.5. The van der Waals surface area contributed by atoms with Crippen molar-refractivity contribution in [2.24, 2.45) is 0 Å². The van der Waals surface area contributed by atoms with E-state index in [4.69, 9.17) is 16.3 Å². The molecule has 0 saturated carbocycles. The summed E-state index contributed by atoms with van der Waals surface area (Å²) in [6.07, 6.45) is -0.0362. The molecule has 12 heteroatoms. The zero-order valence-electron chi connectivity index (χ0n) is 18.0. The van der Waals surface area contributed by atoms with Gasteiger partial charge in [0, 0.05) is 30.2 Å². The molecule has 2 saturated heterocycles. The first kappa shape index (κ1) is 24.7. The van der Waals surface area contributed by atoms with E-state index in [0.717, 1.165) is 16.7 Å². The first-order valence-corrected chi connectivity index (χ1v) is 13.3. The number of sulfonamides is 1. The molecule has 34 heavy (non-hydrogen) atoms. The number of halogens is 1. The molecule has 2 aliphatic heterocycles. The van der Waals surface area contributed by atoms with Gasteiger partial charge < -0.3 is 10.1 Å². The average molecular weight is 524 g/mol. The number of amides is 3. The fraction of sp³-hybridized carbons (Fsp3) is 0.318. The number of hydrogen-bond donors (Lipinski definition) is 1. The molecule has 2 fully saturated rings. The Morgan fingerprint density at radius 3 is 2.35 bits per heavy atom. The van der Waals surface area contributed by atoms with Crippen molar-refractivity contribution in [3.8, 4) is 0 Å². The van der Waals surface area contributed by atoms with Crippen LogP contribution in [0.3, 0.4) is 0 Å². The molecule has 180 valence electrons. The normalized spacial score (nSPS) is 19.4. The minimum absolute atomic E-state index is 0.00309. The molecule has 0 aromatic heterocycles. The van der Waals surface area contributed by atoms with Gasteiger partial charge in [0.2, 0.25) is 27.7 Å². The smallest absolute Gasteiger partial charge is 0.247 e. The van der Waals surface area contributed by atoms with Crippen LogP contribution in [0.25, 0.3) is 0 Å². The van der Waals surface area contributed by atoms with Gasteiger partial charge in [-0.3, -0.25) is 14.4 Å². The van der Waals surface area contributed by atoms with Gasteiger partial charge in [0.1, 0.15) is 0 Å². The molecular weight excluding hydrogens is 502 g/mol. The minimum Gasteiger partial charge on any atom is -0.379 e. The molecule has 2 aliphatic rings. The number of nitrogens with one attached hydrogen (secondary N) is 1. The van der Waals surface area contributed by atoms with E-state index in [1.54, 1.807) is 24.3 Å². The number of hydrogen-bond acceptors (Lipinski definition) is 7. The Labute approximate surface area is 206 Å². The standard InChI is InChI=1S/C22H22ClN3O6S2/c23-15-1-3-16(4-2-15)24-20(27)14-33-19-13-21(28)26(22(19)29)17-5-7-18(8-6-17)34(30,31)25-9-11-32-12-10-25/h1-8,19H,9-14H2,(H,24,27)/t19-/m0/s1. The van der Waals surface area contributed by atoms with Crippen LogP contribution in [0.15, 0.2) is 53.4 Å².